The first kappa shape index (κ1) is 21.4. The lowest BCUT2D eigenvalue weighted by Gasteiger charge is -2.44. The fraction of sp³-hybridized carbons (Fsp3) is 0.556. The summed E-state index contributed by atoms with van der Waals surface area (Å²) in [4.78, 5) is 49.2. The van der Waals surface area contributed by atoms with Gasteiger partial charge in [-0.05, 0) is 12.1 Å². The van der Waals surface area contributed by atoms with E-state index < -0.39 is 54.4 Å². The Labute approximate surface area is 161 Å². The highest BCUT2D eigenvalue weighted by Crippen LogP contribution is 2.37. The van der Waals surface area contributed by atoms with Gasteiger partial charge in [0.2, 0.25) is 0 Å². The zero-order valence-corrected chi connectivity index (χ0v) is 16.0. The highest BCUT2D eigenvalue weighted by atomic mass is 16.7. The Morgan fingerprint density at radius 1 is 0.893 bits per heavy atom. The molecule has 1 aromatic heterocycles. The Balaban J connectivity index is 2.45. The van der Waals surface area contributed by atoms with Crippen molar-refractivity contribution in [3.05, 3.63) is 24.0 Å². The Morgan fingerprint density at radius 2 is 1.46 bits per heavy atom. The van der Waals surface area contributed by atoms with Crippen LogP contribution in [0.15, 0.2) is 18.3 Å². The van der Waals surface area contributed by atoms with E-state index in [9.17, 15) is 19.2 Å². The molecule has 5 atom stereocenters. The number of hydrogen-bond donors (Lipinski definition) is 1. The number of hydrogen-bond acceptors (Lipinski definition) is 9. The highest BCUT2D eigenvalue weighted by molar-refractivity contribution is 5.68. The largest absolute Gasteiger partial charge is 0.463 e. The predicted octanol–water partition coefficient (Wildman–Crippen LogP) is 0.813. The second-order valence-corrected chi connectivity index (χ2v) is 6.25. The fourth-order valence-corrected chi connectivity index (χ4v) is 3.00. The average Bonchev–Trinajstić information content (AvgIpc) is 3.09. The number of carbonyl (C=O) groups is 4. The molecule has 0 radical (unpaired) electrons. The number of ether oxygens (including phenoxy) is 5. The second kappa shape index (κ2) is 9.36. The van der Waals surface area contributed by atoms with Crippen molar-refractivity contribution in [1.82, 2.24) is 4.98 Å². The third kappa shape index (κ3) is 5.56. The van der Waals surface area contributed by atoms with Crippen LogP contribution in [0.1, 0.15) is 39.5 Å². The first-order chi connectivity index (χ1) is 13.2. The zero-order chi connectivity index (χ0) is 20.8. The highest BCUT2D eigenvalue weighted by Gasteiger charge is 2.52. The van der Waals surface area contributed by atoms with Crippen molar-refractivity contribution in [3.8, 4) is 0 Å². The van der Waals surface area contributed by atoms with Gasteiger partial charge in [0.25, 0.3) is 0 Å². The molecule has 1 aliphatic heterocycles. The molecular formula is C18H23NO9. The Bertz CT molecular complexity index is 715. The summed E-state index contributed by atoms with van der Waals surface area (Å²) in [6, 6.07) is 3.41. The third-order valence-electron chi connectivity index (χ3n) is 3.92. The van der Waals surface area contributed by atoms with E-state index in [2.05, 4.69) is 4.98 Å². The van der Waals surface area contributed by atoms with Crippen LogP contribution >= 0.6 is 0 Å². The minimum atomic E-state index is -1.17. The zero-order valence-electron chi connectivity index (χ0n) is 16.0. The van der Waals surface area contributed by atoms with Crippen LogP contribution in [0.4, 0.5) is 0 Å². The van der Waals surface area contributed by atoms with Gasteiger partial charge in [-0.1, -0.05) is 0 Å². The van der Waals surface area contributed by atoms with Crippen LogP contribution in [0.3, 0.4) is 0 Å². The first-order valence-corrected chi connectivity index (χ1v) is 8.62. The molecule has 0 unspecified atom stereocenters. The summed E-state index contributed by atoms with van der Waals surface area (Å²) in [5.74, 6) is -2.54. The van der Waals surface area contributed by atoms with Crippen LogP contribution in [0, 0.1) is 0 Å². The smallest absolute Gasteiger partial charge is 0.303 e. The van der Waals surface area contributed by atoms with Gasteiger partial charge in [0.1, 0.15) is 18.8 Å². The summed E-state index contributed by atoms with van der Waals surface area (Å²) in [7, 11) is 0. The quantitative estimate of drug-likeness (QED) is 0.547. The molecule has 10 heteroatoms. The van der Waals surface area contributed by atoms with E-state index in [1.807, 2.05) is 0 Å². The lowest BCUT2D eigenvalue weighted by atomic mass is 9.92. The molecule has 0 saturated carbocycles. The molecule has 1 saturated heterocycles. The van der Waals surface area contributed by atoms with Gasteiger partial charge in [-0.15, -0.1) is 0 Å². The molecule has 0 aromatic carbocycles. The topological polar surface area (TPSA) is 130 Å². The SMILES string of the molecule is CC(=O)OC[C@H]1O[C@@H](c2ccc[nH]2)[C@H](OC(C)=O)[C@@H](OC(C)=O)[C@@H]1OC(C)=O. The Kier molecular flexibility index (Phi) is 7.16. The van der Waals surface area contributed by atoms with Crippen LogP contribution in [0.5, 0.6) is 0 Å². The van der Waals surface area contributed by atoms with Gasteiger partial charge in [-0.25, -0.2) is 0 Å². The minimum Gasteiger partial charge on any atom is -0.463 e. The Morgan fingerprint density at radius 3 is 1.96 bits per heavy atom. The van der Waals surface area contributed by atoms with E-state index in [4.69, 9.17) is 23.7 Å². The molecule has 28 heavy (non-hydrogen) atoms. The van der Waals surface area contributed by atoms with Gasteiger partial charge >= 0.3 is 23.9 Å². The summed E-state index contributed by atoms with van der Waals surface area (Å²) in [6.07, 6.45) is -3.63. The van der Waals surface area contributed by atoms with Gasteiger partial charge < -0.3 is 28.7 Å². The van der Waals surface area contributed by atoms with E-state index in [1.165, 1.54) is 27.7 Å². The van der Waals surface area contributed by atoms with E-state index in [-0.39, 0.29) is 6.61 Å². The number of aromatic nitrogens is 1. The summed E-state index contributed by atoms with van der Waals surface area (Å²) < 4.78 is 27.0. The number of nitrogens with one attached hydrogen (secondary N) is 1. The van der Waals surface area contributed by atoms with E-state index in [0.717, 1.165) is 0 Å². The molecule has 2 heterocycles. The normalized spacial score (nSPS) is 26.8. The van der Waals surface area contributed by atoms with Crippen molar-refractivity contribution in [1.29, 1.82) is 0 Å². The van der Waals surface area contributed by atoms with Crippen molar-refractivity contribution in [2.24, 2.45) is 0 Å². The molecule has 2 rings (SSSR count). The monoisotopic (exact) mass is 397 g/mol. The van der Waals surface area contributed by atoms with Gasteiger partial charge in [0, 0.05) is 39.6 Å². The summed E-state index contributed by atoms with van der Waals surface area (Å²) in [6.45, 7) is 4.51. The molecule has 1 aromatic rings. The van der Waals surface area contributed by atoms with E-state index in [0.29, 0.717) is 5.69 Å². The van der Waals surface area contributed by atoms with Crippen LogP contribution in [0.25, 0.3) is 0 Å². The van der Waals surface area contributed by atoms with Crippen LogP contribution in [-0.4, -0.2) is 59.9 Å². The van der Waals surface area contributed by atoms with Crippen molar-refractivity contribution in [2.45, 2.75) is 58.2 Å². The van der Waals surface area contributed by atoms with E-state index in [1.54, 1.807) is 18.3 Å². The standard InChI is InChI=1S/C18H23NO9/c1-9(20)24-8-14-16(25-10(2)21)18(27-12(4)23)17(26-11(3)22)15(28-14)13-6-5-7-19-13/h5-7,14-19H,8H2,1-4H3/t14-,15+,16-,17+,18+/m1/s1. The van der Waals surface area contributed by atoms with Gasteiger partial charge in [-0.2, -0.15) is 0 Å². The maximum atomic E-state index is 11.7. The van der Waals surface area contributed by atoms with Gasteiger partial charge in [-0.3, -0.25) is 19.2 Å². The van der Waals surface area contributed by atoms with Gasteiger partial charge in [0.15, 0.2) is 18.3 Å². The molecule has 0 amide bonds. The molecule has 0 spiro atoms. The molecule has 0 aliphatic carbocycles. The van der Waals surface area contributed by atoms with Crippen molar-refractivity contribution in [3.63, 3.8) is 0 Å². The van der Waals surface area contributed by atoms with Crippen molar-refractivity contribution >= 4 is 23.9 Å². The maximum absolute atomic E-state index is 11.7. The molecule has 0 bridgehead atoms. The number of rotatable bonds is 6. The Hall–Kier alpha value is -2.88. The molecule has 1 aliphatic rings. The van der Waals surface area contributed by atoms with Crippen molar-refractivity contribution < 1.29 is 42.9 Å². The number of esters is 4. The average molecular weight is 397 g/mol. The maximum Gasteiger partial charge on any atom is 0.303 e. The molecule has 154 valence electrons. The lowest BCUT2D eigenvalue weighted by molar-refractivity contribution is -0.255. The summed E-state index contributed by atoms with van der Waals surface area (Å²) in [5.41, 5.74) is 0.539. The first-order valence-electron chi connectivity index (χ1n) is 8.62. The van der Waals surface area contributed by atoms with Gasteiger partial charge in [0.05, 0.1) is 0 Å². The molecular weight excluding hydrogens is 374 g/mol. The number of aromatic amines is 1. The third-order valence-corrected chi connectivity index (χ3v) is 3.92. The minimum absolute atomic E-state index is 0.255. The molecule has 1 N–H and O–H groups in total. The van der Waals surface area contributed by atoms with E-state index >= 15 is 0 Å². The summed E-state index contributed by atoms with van der Waals surface area (Å²) in [5, 5.41) is 0. The van der Waals surface area contributed by atoms with Crippen molar-refractivity contribution in [2.75, 3.05) is 6.61 Å². The molecule has 1 fully saturated rings. The lowest BCUT2D eigenvalue weighted by Crippen LogP contribution is -2.59. The van der Waals surface area contributed by atoms with Crippen LogP contribution in [0.2, 0.25) is 0 Å². The molecule has 10 nitrogen and oxygen atoms in total. The van der Waals surface area contributed by atoms with Crippen LogP contribution < -0.4 is 0 Å². The fourth-order valence-electron chi connectivity index (χ4n) is 3.00. The number of carbonyl (C=O) groups excluding carboxylic acids is 4. The second-order valence-electron chi connectivity index (χ2n) is 6.25. The summed E-state index contributed by atoms with van der Waals surface area (Å²) >= 11 is 0. The van der Waals surface area contributed by atoms with Crippen LogP contribution in [-0.2, 0) is 42.9 Å². The number of H-pyrrole nitrogens is 1. The predicted molar refractivity (Wildman–Crippen MR) is 91.7 cm³/mol.